The van der Waals surface area contributed by atoms with Gasteiger partial charge in [-0.05, 0) is 43.1 Å². The molecule has 0 saturated carbocycles. The summed E-state index contributed by atoms with van der Waals surface area (Å²) >= 11 is 0. The molecule has 2 heterocycles. The lowest BCUT2D eigenvalue weighted by Gasteiger charge is -2.14. The number of nitrogens with zero attached hydrogens (tertiary/aromatic N) is 4. The summed E-state index contributed by atoms with van der Waals surface area (Å²) in [7, 11) is 0. The van der Waals surface area contributed by atoms with E-state index < -0.39 is 5.56 Å². The Kier molecular flexibility index (Phi) is 5.97. The van der Waals surface area contributed by atoms with Crippen LogP contribution in [0, 0.1) is 11.3 Å². The van der Waals surface area contributed by atoms with Crippen molar-refractivity contribution < 1.29 is 0 Å². The van der Waals surface area contributed by atoms with Gasteiger partial charge in [0.1, 0.15) is 11.6 Å². The van der Waals surface area contributed by atoms with Crippen molar-refractivity contribution in [2.24, 2.45) is 5.10 Å². The summed E-state index contributed by atoms with van der Waals surface area (Å²) in [6.07, 6.45) is 4.23. The van der Waals surface area contributed by atoms with E-state index in [0.29, 0.717) is 11.3 Å². The molecule has 2 N–H and O–H groups in total. The van der Waals surface area contributed by atoms with Crippen LogP contribution in [0.4, 0.5) is 5.95 Å². The minimum atomic E-state index is -0.503. The molecule has 7 nitrogen and oxygen atoms in total. The number of aromatic amines is 1. The number of hydrogen-bond acceptors (Lipinski definition) is 6. The average Bonchev–Trinajstić information content (AvgIpc) is 3.27. The number of rotatable bonds is 6. The van der Waals surface area contributed by atoms with Gasteiger partial charge in [-0.25, -0.2) is 10.4 Å². The summed E-state index contributed by atoms with van der Waals surface area (Å²) in [5, 5.41) is 13.6. The Hall–Kier alpha value is -3.76. The fraction of sp³-hybridized carbons (Fsp3) is 0.217. The van der Waals surface area contributed by atoms with Crippen LogP contribution in [0.25, 0.3) is 11.3 Å². The third kappa shape index (κ3) is 4.62. The zero-order valence-corrected chi connectivity index (χ0v) is 16.5. The van der Waals surface area contributed by atoms with Crippen molar-refractivity contribution in [1.29, 1.82) is 5.26 Å². The minimum absolute atomic E-state index is 0.0228. The first-order chi connectivity index (χ1) is 14.7. The van der Waals surface area contributed by atoms with Gasteiger partial charge in [0.2, 0.25) is 5.95 Å². The Morgan fingerprint density at radius 3 is 2.73 bits per heavy atom. The quantitative estimate of drug-likeness (QED) is 0.490. The highest BCUT2D eigenvalue weighted by molar-refractivity contribution is 5.80. The van der Waals surface area contributed by atoms with Gasteiger partial charge in [-0.15, -0.1) is 0 Å². The van der Waals surface area contributed by atoms with Gasteiger partial charge in [0.15, 0.2) is 0 Å². The molecule has 0 unspecified atom stereocenters. The van der Waals surface area contributed by atoms with Crippen molar-refractivity contribution in [3.05, 3.63) is 81.6 Å². The van der Waals surface area contributed by atoms with Gasteiger partial charge >= 0.3 is 0 Å². The van der Waals surface area contributed by atoms with E-state index in [-0.39, 0.29) is 11.5 Å². The number of anilines is 1. The first kappa shape index (κ1) is 19.6. The SMILES string of the molecule is N#Cc1c(-c2ccccc2)nc(NN=Cc2cccc(CN3CCCC3)c2)[nH]c1=O. The zero-order chi connectivity index (χ0) is 20.8. The standard InChI is InChI=1S/C23H22N6O/c24-14-20-21(19-9-2-1-3-10-19)26-23(27-22(20)30)28-25-15-17-7-6-8-18(13-17)16-29-11-4-5-12-29/h1-3,6-10,13,15H,4-5,11-12,16H2,(H2,26,27,28,30). The predicted octanol–water partition coefficient (Wildman–Crippen LogP) is 3.35. The van der Waals surface area contributed by atoms with E-state index in [1.807, 2.05) is 48.5 Å². The fourth-order valence-electron chi connectivity index (χ4n) is 3.57. The van der Waals surface area contributed by atoms with Crippen LogP contribution in [0.3, 0.4) is 0 Å². The Labute approximate surface area is 174 Å². The summed E-state index contributed by atoms with van der Waals surface area (Å²) in [5.74, 6) is 0.183. The molecule has 0 spiro atoms. The van der Waals surface area contributed by atoms with Crippen LogP contribution < -0.4 is 11.0 Å². The second kappa shape index (κ2) is 9.16. The average molecular weight is 398 g/mol. The maximum atomic E-state index is 12.3. The molecule has 0 radical (unpaired) electrons. The lowest BCUT2D eigenvalue weighted by molar-refractivity contribution is 0.331. The molecule has 30 heavy (non-hydrogen) atoms. The van der Waals surface area contributed by atoms with E-state index >= 15 is 0 Å². The van der Waals surface area contributed by atoms with Crippen molar-refractivity contribution in [1.82, 2.24) is 14.9 Å². The second-order valence-corrected chi connectivity index (χ2v) is 7.21. The van der Waals surface area contributed by atoms with Crippen LogP contribution >= 0.6 is 0 Å². The van der Waals surface area contributed by atoms with E-state index in [2.05, 4.69) is 37.5 Å². The van der Waals surface area contributed by atoms with Gasteiger partial charge in [-0.1, -0.05) is 48.5 Å². The Morgan fingerprint density at radius 2 is 1.97 bits per heavy atom. The molecule has 0 atom stereocenters. The molecule has 0 aliphatic carbocycles. The largest absolute Gasteiger partial charge is 0.299 e. The molecule has 1 aromatic heterocycles. The molecular formula is C23H22N6O. The number of nitriles is 1. The normalized spacial score (nSPS) is 14.1. The highest BCUT2D eigenvalue weighted by Crippen LogP contribution is 2.19. The molecule has 0 bridgehead atoms. The molecule has 1 aliphatic heterocycles. The van der Waals surface area contributed by atoms with E-state index in [1.54, 1.807) is 6.21 Å². The highest BCUT2D eigenvalue weighted by Gasteiger charge is 2.13. The topological polar surface area (TPSA) is 97.2 Å². The smallest absolute Gasteiger partial charge is 0.270 e. The summed E-state index contributed by atoms with van der Waals surface area (Å²) < 4.78 is 0. The number of hydrazone groups is 1. The van der Waals surface area contributed by atoms with Crippen molar-refractivity contribution in [2.45, 2.75) is 19.4 Å². The molecule has 150 valence electrons. The minimum Gasteiger partial charge on any atom is -0.299 e. The van der Waals surface area contributed by atoms with Gasteiger partial charge < -0.3 is 0 Å². The molecule has 1 saturated heterocycles. The molecule has 1 aliphatic rings. The Balaban J connectivity index is 1.51. The highest BCUT2D eigenvalue weighted by atomic mass is 16.1. The third-order valence-corrected chi connectivity index (χ3v) is 5.02. The Bertz CT molecular complexity index is 1140. The van der Waals surface area contributed by atoms with E-state index in [1.165, 1.54) is 18.4 Å². The van der Waals surface area contributed by atoms with Crippen LogP contribution in [0.2, 0.25) is 0 Å². The van der Waals surface area contributed by atoms with Crippen LogP contribution in [-0.4, -0.2) is 34.2 Å². The van der Waals surface area contributed by atoms with Crippen LogP contribution in [0.1, 0.15) is 29.5 Å². The van der Waals surface area contributed by atoms with Crippen LogP contribution in [-0.2, 0) is 6.54 Å². The molecule has 4 rings (SSSR count). The van der Waals surface area contributed by atoms with Crippen molar-refractivity contribution in [3.8, 4) is 17.3 Å². The van der Waals surface area contributed by atoms with Crippen molar-refractivity contribution in [2.75, 3.05) is 18.5 Å². The zero-order valence-electron chi connectivity index (χ0n) is 16.5. The third-order valence-electron chi connectivity index (χ3n) is 5.02. The summed E-state index contributed by atoms with van der Waals surface area (Å²) in [6.45, 7) is 3.25. The first-order valence-electron chi connectivity index (χ1n) is 9.93. The lowest BCUT2D eigenvalue weighted by atomic mass is 10.1. The number of H-pyrrole nitrogens is 1. The van der Waals surface area contributed by atoms with Crippen molar-refractivity contribution >= 4 is 12.2 Å². The number of aromatic nitrogens is 2. The molecule has 7 heteroatoms. The fourth-order valence-corrected chi connectivity index (χ4v) is 3.57. The summed E-state index contributed by atoms with van der Waals surface area (Å²) in [6, 6.07) is 19.3. The number of likely N-dealkylation sites (tertiary alicyclic amines) is 1. The van der Waals surface area contributed by atoms with Gasteiger partial charge in [0, 0.05) is 12.1 Å². The maximum Gasteiger partial charge on any atom is 0.270 e. The van der Waals surface area contributed by atoms with E-state index in [9.17, 15) is 10.1 Å². The van der Waals surface area contributed by atoms with E-state index in [4.69, 9.17) is 0 Å². The lowest BCUT2D eigenvalue weighted by Crippen LogP contribution is -2.18. The van der Waals surface area contributed by atoms with Crippen LogP contribution in [0.15, 0.2) is 64.5 Å². The predicted molar refractivity (Wildman–Crippen MR) is 117 cm³/mol. The second-order valence-electron chi connectivity index (χ2n) is 7.21. The molecule has 1 fully saturated rings. The maximum absolute atomic E-state index is 12.3. The molecule has 3 aromatic rings. The van der Waals surface area contributed by atoms with Crippen LogP contribution in [0.5, 0.6) is 0 Å². The number of benzene rings is 2. The monoisotopic (exact) mass is 398 g/mol. The first-order valence-corrected chi connectivity index (χ1v) is 9.93. The van der Waals surface area contributed by atoms with Gasteiger partial charge in [-0.2, -0.15) is 10.4 Å². The Morgan fingerprint density at radius 1 is 1.17 bits per heavy atom. The molecule has 0 amide bonds. The molecular weight excluding hydrogens is 376 g/mol. The summed E-state index contributed by atoms with van der Waals surface area (Å²) in [4.78, 5) is 21.7. The van der Waals surface area contributed by atoms with Gasteiger partial charge in [-0.3, -0.25) is 14.7 Å². The summed E-state index contributed by atoms with van der Waals surface area (Å²) in [5.41, 5.74) is 5.47. The molecule has 2 aromatic carbocycles. The van der Waals surface area contributed by atoms with E-state index in [0.717, 1.165) is 25.2 Å². The van der Waals surface area contributed by atoms with Gasteiger partial charge in [0.05, 0.1) is 11.9 Å². The van der Waals surface area contributed by atoms with Crippen molar-refractivity contribution in [3.63, 3.8) is 0 Å². The number of nitrogens with one attached hydrogen (secondary N) is 2. The number of hydrogen-bond donors (Lipinski definition) is 2. The van der Waals surface area contributed by atoms with Gasteiger partial charge in [0.25, 0.3) is 5.56 Å².